The van der Waals surface area contributed by atoms with Gasteiger partial charge in [-0.05, 0) is 25.0 Å². The van der Waals surface area contributed by atoms with Crippen LogP contribution in [-0.2, 0) is 4.79 Å². The first-order valence-electron chi connectivity index (χ1n) is 6.55. The molecule has 0 aromatic heterocycles. The van der Waals surface area contributed by atoms with Gasteiger partial charge in [0.1, 0.15) is 5.56 Å². The number of nitrogens with zero attached hydrogens (tertiary/aromatic N) is 1. The summed E-state index contributed by atoms with van der Waals surface area (Å²) in [4.78, 5) is 33.8. The molecule has 0 radical (unpaired) electrons. The SMILES string of the molecule is CNc1ccc([N+](=O)[O-])c(C(=O)NCC(=O)NC2CC2)c1. The summed E-state index contributed by atoms with van der Waals surface area (Å²) in [5.41, 5.74) is 0.202. The summed E-state index contributed by atoms with van der Waals surface area (Å²) in [5.74, 6) is -0.942. The number of amides is 2. The topological polar surface area (TPSA) is 113 Å². The average molecular weight is 292 g/mol. The van der Waals surface area contributed by atoms with Crippen LogP contribution in [0.4, 0.5) is 11.4 Å². The first kappa shape index (κ1) is 14.8. The molecule has 0 bridgehead atoms. The van der Waals surface area contributed by atoms with Crippen molar-refractivity contribution in [3.8, 4) is 0 Å². The van der Waals surface area contributed by atoms with E-state index in [9.17, 15) is 19.7 Å². The van der Waals surface area contributed by atoms with Gasteiger partial charge in [0.05, 0.1) is 11.5 Å². The van der Waals surface area contributed by atoms with E-state index in [1.165, 1.54) is 18.2 Å². The second kappa shape index (κ2) is 6.21. The average Bonchev–Trinajstić information content (AvgIpc) is 3.27. The zero-order valence-electron chi connectivity index (χ0n) is 11.5. The number of nitro groups is 1. The fraction of sp³-hybridized carbons (Fsp3) is 0.385. The maximum absolute atomic E-state index is 12.0. The van der Waals surface area contributed by atoms with Crippen LogP contribution in [0.15, 0.2) is 18.2 Å². The summed E-state index contributed by atoms with van der Waals surface area (Å²) in [6, 6.07) is 4.35. The second-order valence-corrected chi connectivity index (χ2v) is 4.76. The van der Waals surface area contributed by atoms with Gasteiger partial charge in [0.2, 0.25) is 5.91 Å². The van der Waals surface area contributed by atoms with Crippen LogP contribution in [0.2, 0.25) is 0 Å². The van der Waals surface area contributed by atoms with E-state index in [-0.39, 0.29) is 29.7 Å². The highest BCUT2D eigenvalue weighted by Crippen LogP contribution is 2.22. The normalized spacial score (nSPS) is 13.4. The molecule has 1 aliphatic rings. The van der Waals surface area contributed by atoms with Crippen LogP contribution >= 0.6 is 0 Å². The lowest BCUT2D eigenvalue weighted by Crippen LogP contribution is -2.38. The number of hydrogen-bond donors (Lipinski definition) is 3. The van der Waals surface area contributed by atoms with E-state index < -0.39 is 10.8 Å². The first-order valence-corrected chi connectivity index (χ1v) is 6.55. The number of anilines is 1. The molecule has 0 spiro atoms. The van der Waals surface area contributed by atoms with Gasteiger partial charge in [-0.1, -0.05) is 0 Å². The van der Waals surface area contributed by atoms with Crippen molar-refractivity contribution in [2.45, 2.75) is 18.9 Å². The molecule has 8 heteroatoms. The number of nitrogens with one attached hydrogen (secondary N) is 3. The fourth-order valence-electron chi connectivity index (χ4n) is 1.79. The molecule has 1 saturated carbocycles. The van der Waals surface area contributed by atoms with Gasteiger partial charge in [-0.15, -0.1) is 0 Å². The van der Waals surface area contributed by atoms with Crippen molar-refractivity contribution in [3.05, 3.63) is 33.9 Å². The van der Waals surface area contributed by atoms with E-state index in [0.717, 1.165) is 12.8 Å². The van der Waals surface area contributed by atoms with Gasteiger partial charge < -0.3 is 16.0 Å². The Morgan fingerprint density at radius 2 is 2.10 bits per heavy atom. The summed E-state index contributed by atoms with van der Waals surface area (Å²) < 4.78 is 0. The van der Waals surface area contributed by atoms with Crippen molar-refractivity contribution < 1.29 is 14.5 Å². The molecule has 1 aromatic rings. The third-order valence-electron chi connectivity index (χ3n) is 3.08. The van der Waals surface area contributed by atoms with Crippen molar-refractivity contribution in [2.24, 2.45) is 0 Å². The van der Waals surface area contributed by atoms with Crippen molar-refractivity contribution in [2.75, 3.05) is 18.9 Å². The van der Waals surface area contributed by atoms with Gasteiger partial charge in [0.15, 0.2) is 0 Å². The molecule has 1 fully saturated rings. The van der Waals surface area contributed by atoms with E-state index in [1.54, 1.807) is 7.05 Å². The van der Waals surface area contributed by atoms with E-state index in [2.05, 4.69) is 16.0 Å². The Morgan fingerprint density at radius 3 is 2.67 bits per heavy atom. The highest BCUT2D eigenvalue weighted by molar-refractivity contribution is 6.00. The van der Waals surface area contributed by atoms with Gasteiger partial charge in [0, 0.05) is 24.8 Å². The van der Waals surface area contributed by atoms with E-state index in [0.29, 0.717) is 5.69 Å². The zero-order valence-corrected chi connectivity index (χ0v) is 11.5. The number of benzene rings is 1. The molecule has 3 N–H and O–H groups in total. The summed E-state index contributed by atoms with van der Waals surface area (Å²) >= 11 is 0. The Morgan fingerprint density at radius 1 is 1.38 bits per heavy atom. The van der Waals surface area contributed by atoms with Crippen LogP contribution < -0.4 is 16.0 Å². The minimum Gasteiger partial charge on any atom is -0.388 e. The number of carbonyl (C=O) groups excluding carboxylic acids is 2. The molecular formula is C13H16N4O4. The molecule has 0 heterocycles. The van der Waals surface area contributed by atoms with Crippen LogP contribution in [0.5, 0.6) is 0 Å². The van der Waals surface area contributed by atoms with Crippen LogP contribution in [0.25, 0.3) is 0 Å². The molecule has 1 aromatic carbocycles. The molecule has 2 amide bonds. The second-order valence-electron chi connectivity index (χ2n) is 4.76. The smallest absolute Gasteiger partial charge is 0.282 e. The van der Waals surface area contributed by atoms with Gasteiger partial charge in [-0.3, -0.25) is 19.7 Å². The number of nitro benzene ring substituents is 1. The minimum atomic E-state index is -0.648. The van der Waals surface area contributed by atoms with Crippen LogP contribution in [0, 0.1) is 10.1 Å². The summed E-state index contributed by atoms with van der Waals surface area (Å²) in [6.07, 6.45) is 1.91. The quantitative estimate of drug-likeness (QED) is 0.526. The minimum absolute atomic E-state index is 0.0777. The third-order valence-corrected chi connectivity index (χ3v) is 3.08. The molecule has 1 aliphatic carbocycles. The molecule has 2 rings (SSSR count). The van der Waals surface area contributed by atoms with Crippen molar-refractivity contribution in [1.29, 1.82) is 0 Å². The Labute approximate surface area is 121 Å². The van der Waals surface area contributed by atoms with Gasteiger partial charge in [-0.2, -0.15) is 0 Å². The largest absolute Gasteiger partial charge is 0.388 e. The molecule has 0 unspecified atom stereocenters. The van der Waals surface area contributed by atoms with E-state index in [1.807, 2.05) is 0 Å². The lowest BCUT2D eigenvalue weighted by molar-refractivity contribution is -0.385. The Bertz CT molecular complexity index is 584. The van der Waals surface area contributed by atoms with Gasteiger partial charge in [-0.25, -0.2) is 0 Å². The predicted molar refractivity (Wildman–Crippen MR) is 76.1 cm³/mol. The van der Waals surface area contributed by atoms with Gasteiger partial charge >= 0.3 is 0 Å². The highest BCUT2D eigenvalue weighted by atomic mass is 16.6. The molecule has 8 nitrogen and oxygen atoms in total. The maximum Gasteiger partial charge on any atom is 0.282 e. The number of carbonyl (C=O) groups is 2. The standard InChI is InChI=1S/C13H16N4O4/c1-14-9-4-5-11(17(20)21)10(6-9)13(19)15-7-12(18)16-8-2-3-8/h4-6,8,14H,2-3,7H2,1H3,(H,15,19)(H,16,18). The van der Waals surface area contributed by atoms with E-state index in [4.69, 9.17) is 0 Å². The maximum atomic E-state index is 12.0. The first-order chi connectivity index (χ1) is 10.0. The predicted octanol–water partition coefficient (Wildman–Crippen LogP) is 0.645. The van der Waals surface area contributed by atoms with E-state index >= 15 is 0 Å². The van der Waals surface area contributed by atoms with Gasteiger partial charge in [0.25, 0.3) is 11.6 Å². The molecule has 0 aliphatic heterocycles. The lowest BCUT2D eigenvalue weighted by atomic mass is 10.1. The van der Waals surface area contributed by atoms with Crippen molar-refractivity contribution in [3.63, 3.8) is 0 Å². The van der Waals surface area contributed by atoms with Crippen molar-refractivity contribution in [1.82, 2.24) is 10.6 Å². The molecular weight excluding hydrogens is 276 g/mol. The summed E-state index contributed by atoms with van der Waals surface area (Å²) in [5, 5.41) is 18.9. The fourth-order valence-corrected chi connectivity index (χ4v) is 1.79. The Kier molecular flexibility index (Phi) is 4.36. The molecule has 0 atom stereocenters. The van der Waals surface area contributed by atoms with Crippen LogP contribution in [-0.4, -0.2) is 36.4 Å². The highest BCUT2D eigenvalue weighted by Gasteiger charge is 2.24. The lowest BCUT2D eigenvalue weighted by Gasteiger charge is -2.08. The van der Waals surface area contributed by atoms with Crippen molar-refractivity contribution >= 4 is 23.2 Å². The van der Waals surface area contributed by atoms with Crippen LogP contribution in [0.1, 0.15) is 23.2 Å². The monoisotopic (exact) mass is 292 g/mol. The molecule has 0 saturated heterocycles. The Balaban J connectivity index is 2.05. The molecule has 21 heavy (non-hydrogen) atoms. The summed E-state index contributed by atoms with van der Waals surface area (Å²) in [6.45, 7) is -0.198. The zero-order chi connectivity index (χ0) is 15.4. The summed E-state index contributed by atoms with van der Waals surface area (Å²) in [7, 11) is 1.64. The van der Waals surface area contributed by atoms with Crippen LogP contribution in [0.3, 0.4) is 0 Å². The third kappa shape index (κ3) is 3.91. The Hall–Kier alpha value is -2.64. The number of hydrogen-bond acceptors (Lipinski definition) is 5. The number of rotatable bonds is 6. The molecule has 112 valence electrons.